The SMILES string of the molecule is NNc1nc(Nc2ccc(Cl)cc2F)c2cn[nH]c2n1. The molecule has 0 unspecified atom stereocenters. The highest BCUT2D eigenvalue weighted by Crippen LogP contribution is 2.26. The van der Waals surface area contributed by atoms with Crippen LogP contribution < -0.4 is 16.6 Å². The van der Waals surface area contributed by atoms with E-state index in [1.165, 1.54) is 18.3 Å². The van der Waals surface area contributed by atoms with Crippen LogP contribution in [0.5, 0.6) is 0 Å². The van der Waals surface area contributed by atoms with Gasteiger partial charge in [-0.2, -0.15) is 15.1 Å². The van der Waals surface area contributed by atoms with Gasteiger partial charge in [0.1, 0.15) is 11.6 Å². The standard InChI is InChI=1S/C11H9ClFN7/c12-5-1-2-8(7(13)3-5)16-9-6-4-15-20-10(6)18-11(17-9)19-14/h1-4H,14H2,(H3,15,16,17,18,19,20). The maximum absolute atomic E-state index is 13.8. The van der Waals surface area contributed by atoms with Gasteiger partial charge in [-0.1, -0.05) is 11.6 Å². The number of halogens is 2. The Morgan fingerprint density at radius 1 is 1.30 bits per heavy atom. The third-order valence-electron chi connectivity index (χ3n) is 2.62. The van der Waals surface area contributed by atoms with Gasteiger partial charge in [0.15, 0.2) is 5.65 Å². The molecular weight excluding hydrogens is 285 g/mol. The van der Waals surface area contributed by atoms with Gasteiger partial charge in [0.25, 0.3) is 0 Å². The van der Waals surface area contributed by atoms with E-state index >= 15 is 0 Å². The molecule has 7 nitrogen and oxygen atoms in total. The minimum atomic E-state index is -0.491. The molecule has 102 valence electrons. The van der Waals surface area contributed by atoms with Crippen LogP contribution in [0.4, 0.5) is 21.8 Å². The van der Waals surface area contributed by atoms with Gasteiger partial charge in [-0.3, -0.25) is 10.5 Å². The van der Waals surface area contributed by atoms with Crippen molar-refractivity contribution < 1.29 is 4.39 Å². The van der Waals surface area contributed by atoms with Gasteiger partial charge in [-0.15, -0.1) is 0 Å². The summed E-state index contributed by atoms with van der Waals surface area (Å²) in [5.74, 6) is 5.35. The van der Waals surface area contributed by atoms with Crippen LogP contribution in [0.15, 0.2) is 24.4 Å². The Hall–Kier alpha value is -2.45. The molecule has 0 saturated heterocycles. The van der Waals surface area contributed by atoms with Crippen LogP contribution in [-0.4, -0.2) is 20.2 Å². The lowest BCUT2D eigenvalue weighted by atomic mass is 10.3. The molecule has 2 aromatic heterocycles. The molecular formula is C11H9ClFN7. The monoisotopic (exact) mass is 293 g/mol. The van der Waals surface area contributed by atoms with E-state index in [0.717, 1.165) is 0 Å². The molecule has 0 aliphatic carbocycles. The smallest absolute Gasteiger partial charge is 0.241 e. The summed E-state index contributed by atoms with van der Waals surface area (Å²) in [6.07, 6.45) is 1.53. The first-order chi connectivity index (χ1) is 9.67. The zero-order valence-electron chi connectivity index (χ0n) is 9.98. The maximum atomic E-state index is 13.8. The lowest BCUT2D eigenvalue weighted by Crippen LogP contribution is -2.11. The highest BCUT2D eigenvalue weighted by molar-refractivity contribution is 6.30. The number of aromatic nitrogens is 4. The molecule has 0 aliphatic heterocycles. The molecule has 3 rings (SSSR count). The van der Waals surface area contributed by atoms with Gasteiger partial charge in [0, 0.05) is 5.02 Å². The number of nitrogens with zero attached hydrogens (tertiary/aromatic N) is 3. The topological polar surface area (TPSA) is 105 Å². The predicted octanol–water partition coefficient (Wildman–Crippen LogP) is 2.17. The van der Waals surface area contributed by atoms with Gasteiger partial charge in [0.2, 0.25) is 5.95 Å². The molecule has 0 atom stereocenters. The molecule has 3 aromatic rings. The molecule has 2 heterocycles. The van der Waals surface area contributed by atoms with Crippen molar-refractivity contribution in [3.63, 3.8) is 0 Å². The number of benzene rings is 1. The Morgan fingerprint density at radius 3 is 2.90 bits per heavy atom. The Kier molecular flexibility index (Phi) is 3.09. The molecule has 0 amide bonds. The first-order valence-corrected chi connectivity index (χ1v) is 5.95. The molecule has 9 heteroatoms. The number of fused-ring (bicyclic) bond motifs is 1. The first kappa shape index (κ1) is 12.6. The molecule has 1 aromatic carbocycles. The number of anilines is 3. The second-order valence-electron chi connectivity index (χ2n) is 3.92. The fourth-order valence-corrected chi connectivity index (χ4v) is 1.87. The quantitative estimate of drug-likeness (QED) is 0.436. The summed E-state index contributed by atoms with van der Waals surface area (Å²) in [5.41, 5.74) is 3.05. The molecule has 0 radical (unpaired) electrons. The van der Waals surface area contributed by atoms with Gasteiger partial charge < -0.3 is 5.32 Å². The lowest BCUT2D eigenvalue weighted by Gasteiger charge is -2.09. The second-order valence-corrected chi connectivity index (χ2v) is 4.36. The minimum absolute atomic E-state index is 0.179. The summed E-state index contributed by atoms with van der Waals surface area (Å²) in [6, 6.07) is 4.30. The van der Waals surface area contributed by atoms with Crippen molar-refractivity contribution in [2.24, 2.45) is 5.84 Å². The number of hydrogen-bond donors (Lipinski definition) is 4. The normalized spacial score (nSPS) is 10.8. The minimum Gasteiger partial charge on any atom is -0.337 e. The van der Waals surface area contributed by atoms with E-state index in [1.807, 2.05) is 0 Å². The van der Waals surface area contributed by atoms with E-state index in [2.05, 4.69) is 30.9 Å². The number of aromatic amines is 1. The third-order valence-corrected chi connectivity index (χ3v) is 2.86. The summed E-state index contributed by atoms with van der Waals surface area (Å²) >= 11 is 5.71. The van der Waals surface area contributed by atoms with E-state index in [4.69, 9.17) is 17.4 Å². The summed E-state index contributed by atoms with van der Waals surface area (Å²) in [7, 11) is 0. The first-order valence-electron chi connectivity index (χ1n) is 5.57. The average Bonchev–Trinajstić information content (AvgIpc) is 2.90. The zero-order chi connectivity index (χ0) is 14.1. The largest absolute Gasteiger partial charge is 0.337 e. The number of nitrogen functional groups attached to an aromatic ring is 1. The maximum Gasteiger partial charge on any atom is 0.241 e. The number of H-pyrrole nitrogens is 1. The second kappa shape index (κ2) is 4.91. The number of hydrazine groups is 1. The predicted molar refractivity (Wildman–Crippen MR) is 74.2 cm³/mol. The molecule has 0 fully saturated rings. The van der Waals surface area contributed by atoms with Crippen LogP contribution in [0.1, 0.15) is 0 Å². The fourth-order valence-electron chi connectivity index (χ4n) is 1.71. The van der Waals surface area contributed by atoms with Crippen LogP contribution in [0.25, 0.3) is 11.0 Å². The number of rotatable bonds is 3. The van der Waals surface area contributed by atoms with Crippen LogP contribution >= 0.6 is 11.6 Å². The van der Waals surface area contributed by atoms with Crippen molar-refractivity contribution in [3.8, 4) is 0 Å². The Bertz CT molecular complexity index is 773. The Labute approximate surface area is 117 Å². The van der Waals surface area contributed by atoms with Gasteiger partial charge in [-0.05, 0) is 18.2 Å². The van der Waals surface area contributed by atoms with E-state index in [-0.39, 0.29) is 11.6 Å². The van der Waals surface area contributed by atoms with E-state index in [1.54, 1.807) is 6.07 Å². The van der Waals surface area contributed by atoms with Crippen LogP contribution in [-0.2, 0) is 0 Å². The van der Waals surface area contributed by atoms with Crippen LogP contribution in [0, 0.1) is 5.82 Å². The molecule has 0 spiro atoms. The summed E-state index contributed by atoms with van der Waals surface area (Å²) in [5, 5.41) is 10.3. The molecule has 20 heavy (non-hydrogen) atoms. The number of nitrogens with one attached hydrogen (secondary N) is 3. The molecule has 0 aliphatic rings. The van der Waals surface area contributed by atoms with Gasteiger partial charge in [-0.25, -0.2) is 10.2 Å². The molecule has 0 saturated carbocycles. The average molecular weight is 294 g/mol. The lowest BCUT2D eigenvalue weighted by molar-refractivity contribution is 0.632. The highest BCUT2D eigenvalue weighted by Gasteiger charge is 2.11. The van der Waals surface area contributed by atoms with Crippen molar-refractivity contribution in [1.82, 2.24) is 20.2 Å². The molecule has 5 N–H and O–H groups in total. The third kappa shape index (κ3) is 2.22. The van der Waals surface area contributed by atoms with E-state index < -0.39 is 5.82 Å². The number of hydrogen-bond acceptors (Lipinski definition) is 6. The van der Waals surface area contributed by atoms with Crippen molar-refractivity contribution in [2.75, 3.05) is 10.7 Å². The summed E-state index contributed by atoms with van der Waals surface area (Å²) in [6.45, 7) is 0. The summed E-state index contributed by atoms with van der Waals surface area (Å²) in [4.78, 5) is 8.20. The van der Waals surface area contributed by atoms with E-state index in [9.17, 15) is 4.39 Å². The van der Waals surface area contributed by atoms with Crippen molar-refractivity contribution in [3.05, 3.63) is 35.2 Å². The van der Waals surface area contributed by atoms with E-state index in [0.29, 0.717) is 21.9 Å². The van der Waals surface area contributed by atoms with Crippen LogP contribution in [0.2, 0.25) is 5.02 Å². The van der Waals surface area contributed by atoms with Crippen molar-refractivity contribution >= 4 is 40.1 Å². The fraction of sp³-hybridized carbons (Fsp3) is 0. The van der Waals surface area contributed by atoms with Crippen molar-refractivity contribution in [1.29, 1.82) is 0 Å². The highest BCUT2D eigenvalue weighted by atomic mass is 35.5. The molecule has 0 bridgehead atoms. The Balaban J connectivity index is 2.07. The Morgan fingerprint density at radius 2 is 2.15 bits per heavy atom. The zero-order valence-corrected chi connectivity index (χ0v) is 10.7. The number of nitrogens with two attached hydrogens (primary N) is 1. The van der Waals surface area contributed by atoms with Gasteiger partial charge >= 0.3 is 0 Å². The van der Waals surface area contributed by atoms with Gasteiger partial charge in [0.05, 0.1) is 17.3 Å². The summed E-state index contributed by atoms with van der Waals surface area (Å²) < 4.78 is 13.8. The van der Waals surface area contributed by atoms with Crippen LogP contribution in [0.3, 0.4) is 0 Å². The van der Waals surface area contributed by atoms with Crippen molar-refractivity contribution in [2.45, 2.75) is 0 Å².